The van der Waals surface area contributed by atoms with E-state index >= 15 is 0 Å². The predicted octanol–water partition coefficient (Wildman–Crippen LogP) is 2.88. The summed E-state index contributed by atoms with van der Waals surface area (Å²) in [6.45, 7) is 6.49. The number of hydrogen-bond donors (Lipinski definition) is 1. The quantitative estimate of drug-likeness (QED) is 0.829. The Bertz CT molecular complexity index is 661. The first kappa shape index (κ1) is 15.0. The van der Waals surface area contributed by atoms with Crippen molar-refractivity contribution in [2.24, 2.45) is 7.05 Å². The molecular formula is C15H18IN3O. The van der Waals surface area contributed by atoms with Crippen molar-refractivity contribution in [2.75, 3.05) is 0 Å². The molecule has 20 heavy (non-hydrogen) atoms. The largest absolute Gasteiger partial charge is 0.348 e. The monoisotopic (exact) mass is 383 g/mol. The molecule has 106 valence electrons. The Balaban J connectivity index is 2.15. The van der Waals surface area contributed by atoms with Gasteiger partial charge in [-0.2, -0.15) is 5.10 Å². The summed E-state index contributed by atoms with van der Waals surface area (Å²) in [5.41, 5.74) is 4.98. The maximum atomic E-state index is 12.3. The standard InChI is InChI=1S/C15H18IN3O/c1-9-6-5-7-12(14(9)16)15(20)17-8-13-10(2)18-19(4)11(13)3/h5-7H,8H2,1-4H3,(H,17,20). The van der Waals surface area contributed by atoms with Crippen LogP contribution >= 0.6 is 22.6 Å². The molecule has 1 aromatic carbocycles. The maximum absolute atomic E-state index is 12.3. The Morgan fingerprint density at radius 2 is 2.05 bits per heavy atom. The SMILES string of the molecule is Cc1cccc(C(=O)NCc2c(C)nn(C)c2C)c1I. The van der Waals surface area contributed by atoms with Crippen molar-refractivity contribution in [3.8, 4) is 0 Å². The molecule has 0 fully saturated rings. The van der Waals surface area contributed by atoms with E-state index in [0.29, 0.717) is 6.54 Å². The van der Waals surface area contributed by atoms with Crippen LogP contribution in [-0.2, 0) is 13.6 Å². The van der Waals surface area contributed by atoms with E-state index in [0.717, 1.165) is 31.6 Å². The van der Waals surface area contributed by atoms with Gasteiger partial charge in [0.25, 0.3) is 5.91 Å². The highest BCUT2D eigenvalue weighted by molar-refractivity contribution is 14.1. The third kappa shape index (κ3) is 2.87. The van der Waals surface area contributed by atoms with Gasteiger partial charge < -0.3 is 5.32 Å². The average molecular weight is 383 g/mol. The van der Waals surface area contributed by atoms with Crippen molar-refractivity contribution in [3.63, 3.8) is 0 Å². The topological polar surface area (TPSA) is 46.9 Å². The molecule has 2 aromatic rings. The summed E-state index contributed by atoms with van der Waals surface area (Å²) >= 11 is 2.21. The molecule has 0 aliphatic carbocycles. The third-order valence-corrected chi connectivity index (χ3v) is 4.95. The lowest BCUT2D eigenvalue weighted by atomic mass is 10.1. The highest BCUT2D eigenvalue weighted by atomic mass is 127. The Morgan fingerprint density at radius 3 is 2.65 bits per heavy atom. The van der Waals surface area contributed by atoms with Gasteiger partial charge in [-0.05, 0) is 55.0 Å². The molecule has 0 saturated carbocycles. The molecule has 0 saturated heterocycles. The van der Waals surface area contributed by atoms with Crippen molar-refractivity contribution in [1.82, 2.24) is 15.1 Å². The average Bonchev–Trinajstić information content (AvgIpc) is 2.64. The molecule has 0 unspecified atom stereocenters. The fraction of sp³-hybridized carbons (Fsp3) is 0.333. The van der Waals surface area contributed by atoms with Crippen LogP contribution < -0.4 is 5.32 Å². The zero-order valence-corrected chi connectivity index (χ0v) is 14.3. The molecule has 0 spiro atoms. The Hall–Kier alpha value is -1.37. The van der Waals surface area contributed by atoms with Crippen LogP contribution in [0.1, 0.15) is 32.9 Å². The summed E-state index contributed by atoms with van der Waals surface area (Å²) in [5.74, 6) is -0.0410. The van der Waals surface area contributed by atoms with Crippen molar-refractivity contribution in [1.29, 1.82) is 0 Å². The van der Waals surface area contributed by atoms with Crippen molar-refractivity contribution < 1.29 is 4.79 Å². The predicted molar refractivity (Wildman–Crippen MR) is 87.7 cm³/mol. The summed E-state index contributed by atoms with van der Waals surface area (Å²) in [4.78, 5) is 12.3. The summed E-state index contributed by atoms with van der Waals surface area (Å²) in [6, 6.07) is 5.77. The number of nitrogens with zero attached hydrogens (tertiary/aromatic N) is 2. The van der Waals surface area contributed by atoms with Gasteiger partial charge in [-0.3, -0.25) is 9.48 Å². The van der Waals surface area contributed by atoms with Gasteiger partial charge in [-0.1, -0.05) is 12.1 Å². The van der Waals surface area contributed by atoms with Gasteiger partial charge in [0.2, 0.25) is 0 Å². The van der Waals surface area contributed by atoms with E-state index in [4.69, 9.17) is 0 Å². The van der Waals surface area contributed by atoms with Crippen LogP contribution in [0.5, 0.6) is 0 Å². The van der Waals surface area contributed by atoms with Crippen LogP contribution in [0, 0.1) is 24.3 Å². The van der Waals surface area contributed by atoms with Crippen LogP contribution in [0.4, 0.5) is 0 Å². The van der Waals surface area contributed by atoms with Crippen molar-refractivity contribution >= 4 is 28.5 Å². The number of carbonyl (C=O) groups is 1. The summed E-state index contributed by atoms with van der Waals surface area (Å²) < 4.78 is 2.84. The van der Waals surface area contributed by atoms with E-state index in [9.17, 15) is 4.79 Å². The van der Waals surface area contributed by atoms with E-state index in [2.05, 4.69) is 33.0 Å². The summed E-state index contributed by atoms with van der Waals surface area (Å²) in [6.07, 6.45) is 0. The number of hydrogen-bond acceptors (Lipinski definition) is 2. The zero-order chi connectivity index (χ0) is 14.9. The van der Waals surface area contributed by atoms with Crippen LogP contribution in [0.3, 0.4) is 0 Å². The Kier molecular flexibility index (Phi) is 4.47. The zero-order valence-electron chi connectivity index (χ0n) is 12.1. The van der Waals surface area contributed by atoms with Crippen molar-refractivity contribution in [2.45, 2.75) is 27.3 Å². The first-order chi connectivity index (χ1) is 9.41. The number of benzene rings is 1. The summed E-state index contributed by atoms with van der Waals surface area (Å²) in [7, 11) is 1.91. The van der Waals surface area contributed by atoms with E-state index < -0.39 is 0 Å². The lowest BCUT2D eigenvalue weighted by molar-refractivity contribution is 0.0950. The highest BCUT2D eigenvalue weighted by Crippen LogP contribution is 2.17. The number of rotatable bonds is 3. The van der Waals surface area contributed by atoms with Crippen LogP contribution in [0.2, 0.25) is 0 Å². The fourth-order valence-corrected chi connectivity index (χ4v) is 2.76. The Morgan fingerprint density at radius 1 is 1.35 bits per heavy atom. The normalized spacial score (nSPS) is 10.7. The van der Waals surface area contributed by atoms with Crippen LogP contribution in [-0.4, -0.2) is 15.7 Å². The lowest BCUT2D eigenvalue weighted by Gasteiger charge is -2.09. The maximum Gasteiger partial charge on any atom is 0.252 e. The van der Waals surface area contributed by atoms with Crippen LogP contribution in [0.25, 0.3) is 0 Å². The number of aryl methyl sites for hydroxylation is 3. The Labute approximate surface area is 132 Å². The number of aromatic nitrogens is 2. The number of nitrogens with one attached hydrogen (secondary N) is 1. The molecule has 0 aliphatic heterocycles. The first-order valence-electron chi connectivity index (χ1n) is 6.44. The molecule has 4 nitrogen and oxygen atoms in total. The highest BCUT2D eigenvalue weighted by Gasteiger charge is 2.14. The van der Waals surface area contributed by atoms with Crippen molar-refractivity contribution in [3.05, 3.63) is 49.8 Å². The molecule has 5 heteroatoms. The minimum atomic E-state index is -0.0410. The van der Waals surface area contributed by atoms with Gasteiger partial charge in [0, 0.05) is 28.4 Å². The van der Waals surface area contributed by atoms with Gasteiger partial charge >= 0.3 is 0 Å². The molecule has 0 radical (unpaired) electrons. The lowest BCUT2D eigenvalue weighted by Crippen LogP contribution is -2.24. The molecule has 0 atom stereocenters. The summed E-state index contributed by atoms with van der Waals surface area (Å²) in [5, 5.41) is 7.34. The molecule has 1 amide bonds. The van der Waals surface area contributed by atoms with E-state index in [1.807, 2.05) is 50.7 Å². The molecule has 2 rings (SSSR count). The number of halogens is 1. The first-order valence-corrected chi connectivity index (χ1v) is 7.52. The number of amides is 1. The molecule has 0 bridgehead atoms. The van der Waals surface area contributed by atoms with E-state index in [-0.39, 0.29) is 5.91 Å². The van der Waals surface area contributed by atoms with Gasteiger partial charge in [0.05, 0.1) is 11.3 Å². The van der Waals surface area contributed by atoms with Gasteiger partial charge in [-0.15, -0.1) is 0 Å². The van der Waals surface area contributed by atoms with E-state index in [1.165, 1.54) is 0 Å². The molecule has 1 aromatic heterocycles. The third-order valence-electron chi connectivity index (χ3n) is 3.52. The minimum Gasteiger partial charge on any atom is -0.348 e. The second-order valence-electron chi connectivity index (χ2n) is 4.89. The molecular weight excluding hydrogens is 365 g/mol. The molecule has 1 heterocycles. The fourth-order valence-electron chi connectivity index (χ4n) is 2.16. The molecule has 0 aliphatic rings. The van der Waals surface area contributed by atoms with Crippen LogP contribution in [0.15, 0.2) is 18.2 Å². The van der Waals surface area contributed by atoms with Gasteiger partial charge in [-0.25, -0.2) is 0 Å². The second kappa shape index (κ2) is 5.95. The number of carbonyl (C=O) groups excluding carboxylic acids is 1. The minimum absolute atomic E-state index is 0.0410. The van der Waals surface area contributed by atoms with Gasteiger partial charge in [0.15, 0.2) is 0 Å². The second-order valence-corrected chi connectivity index (χ2v) is 5.97. The van der Waals surface area contributed by atoms with Gasteiger partial charge in [0.1, 0.15) is 0 Å². The molecule has 1 N–H and O–H groups in total. The van der Waals surface area contributed by atoms with E-state index in [1.54, 1.807) is 0 Å². The smallest absolute Gasteiger partial charge is 0.252 e.